The maximum atomic E-state index is 14.2. The Morgan fingerprint density at radius 2 is 1.52 bits per heavy atom. The van der Waals surface area contributed by atoms with E-state index in [0.717, 1.165) is 24.3 Å². The van der Waals surface area contributed by atoms with Crippen LogP contribution in [-0.2, 0) is 17.8 Å². The molecule has 1 nitrogen and oxygen atoms in total. The molecule has 174 valence electrons. The Labute approximate surface area is 186 Å². The molecule has 0 amide bonds. The highest BCUT2D eigenvalue weighted by molar-refractivity contribution is 6.02. The van der Waals surface area contributed by atoms with Gasteiger partial charge >= 0.3 is 12.4 Å². The number of nitrogens with zero attached hydrogens (tertiary/aromatic N) is 1. The van der Waals surface area contributed by atoms with E-state index in [1.807, 2.05) is 24.3 Å². The first-order valence-electron chi connectivity index (χ1n) is 10.4. The van der Waals surface area contributed by atoms with Crippen LogP contribution in [0.25, 0.3) is 0 Å². The number of fused-ring (bicyclic) bond motifs is 1. The predicted molar refractivity (Wildman–Crippen MR) is 113 cm³/mol. The summed E-state index contributed by atoms with van der Waals surface area (Å²) in [4.78, 5) is 0. The molecule has 2 aromatic rings. The maximum absolute atomic E-state index is 14.2. The minimum absolute atomic E-state index is 0.0785. The lowest BCUT2D eigenvalue weighted by Crippen LogP contribution is -2.31. The van der Waals surface area contributed by atoms with Crippen LogP contribution in [0.4, 0.5) is 42.1 Å². The number of hydrogen-bond donors (Lipinski definition) is 0. The quantitative estimate of drug-likeness (QED) is 0.316. The third kappa shape index (κ3) is 4.23. The third-order valence-electron chi connectivity index (χ3n) is 6.57. The van der Waals surface area contributed by atoms with Crippen LogP contribution in [0.1, 0.15) is 43.4 Å². The van der Waals surface area contributed by atoms with Crippen molar-refractivity contribution in [2.45, 2.75) is 44.5 Å². The Balaban J connectivity index is 1.89. The van der Waals surface area contributed by atoms with Gasteiger partial charge in [0.1, 0.15) is 5.82 Å². The van der Waals surface area contributed by atoms with Gasteiger partial charge in [0, 0.05) is 30.7 Å². The molecule has 1 heterocycles. The van der Waals surface area contributed by atoms with E-state index < -0.39 is 34.7 Å². The summed E-state index contributed by atoms with van der Waals surface area (Å²) in [6.45, 7) is 3.46. The largest absolute Gasteiger partial charge is 0.416 e. The average Bonchev–Trinajstić information content (AvgIpc) is 3.30. The summed E-state index contributed by atoms with van der Waals surface area (Å²) in [6, 6.07) is 5.40. The molecule has 33 heavy (non-hydrogen) atoms. The molecule has 0 saturated heterocycles. The Morgan fingerprint density at radius 3 is 2.12 bits per heavy atom. The first-order valence-corrected chi connectivity index (χ1v) is 10.4. The number of rotatable bonds is 4. The molecule has 0 N–H and O–H groups in total. The van der Waals surface area contributed by atoms with Crippen molar-refractivity contribution in [2.24, 2.45) is 5.92 Å². The molecule has 1 unspecified atom stereocenters. The van der Waals surface area contributed by atoms with E-state index in [-0.39, 0.29) is 11.6 Å². The molecule has 0 fully saturated rings. The molecule has 8 heteroatoms. The molecule has 0 radical (unpaired) electrons. The zero-order valence-corrected chi connectivity index (χ0v) is 17.9. The minimum Gasteiger partial charge on any atom is -0.207 e. The molecule has 0 saturated carbocycles. The molecule has 0 bridgehead atoms. The van der Waals surface area contributed by atoms with E-state index >= 15 is 0 Å². The second-order valence-electron chi connectivity index (χ2n) is 8.65. The van der Waals surface area contributed by atoms with Gasteiger partial charge in [0.15, 0.2) is 5.71 Å². The van der Waals surface area contributed by atoms with Crippen molar-refractivity contribution in [3.05, 3.63) is 83.2 Å². The first kappa shape index (κ1) is 23.3. The number of hydrogen-bond acceptors (Lipinski definition) is 0. The minimum atomic E-state index is -4.77. The Hall–Kier alpha value is -2.90. The molecule has 0 aromatic heterocycles. The molecule has 1 aliphatic carbocycles. The lowest BCUT2D eigenvalue weighted by atomic mass is 9.74. The van der Waals surface area contributed by atoms with Gasteiger partial charge in [0.25, 0.3) is 0 Å². The molecule has 4 rings (SSSR count). The van der Waals surface area contributed by atoms with E-state index in [0.29, 0.717) is 35.9 Å². The average molecular weight is 468 g/mol. The normalized spacial score (nSPS) is 20.8. The van der Waals surface area contributed by atoms with Gasteiger partial charge in [-0.3, -0.25) is 0 Å². The summed E-state index contributed by atoms with van der Waals surface area (Å²) in [6.07, 6.45) is -0.473. The fraction of sp³-hybridized carbons (Fsp3) is 0.320. The summed E-state index contributed by atoms with van der Waals surface area (Å²) in [5, 5.41) is 0. The number of alkyl halides is 6. The maximum Gasteiger partial charge on any atom is 0.416 e. The summed E-state index contributed by atoms with van der Waals surface area (Å²) in [5.74, 6) is -0.945. The van der Waals surface area contributed by atoms with Crippen LogP contribution in [0, 0.1) is 11.7 Å². The van der Waals surface area contributed by atoms with Gasteiger partial charge in [0.2, 0.25) is 11.4 Å². The fourth-order valence-electron chi connectivity index (χ4n) is 4.61. The van der Waals surface area contributed by atoms with Crippen molar-refractivity contribution in [3.8, 4) is 0 Å². The summed E-state index contributed by atoms with van der Waals surface area (Å²) < 4.78 is 96.0. The van der Waals surface area contributed by atoms with Crippen molar-refractivity contribution >= 4 is 17.1 Å². The highest BCUT2D eigenvalue weighted by Crippen LogP contribution is 2.47. The number of halogens is 7. The molecule has 0 spiro atoms. The van der Waals surface area contributed by atoms with Crippen molar-refractivity contribution in [3.63, 3.8) is 0 Å². The van der Waals surface area contributed by atoms with Gasteiger partial charge in [-0.25, -0.2) is 4.39 Å². The molecule has 1 atom stereocenters. The highest BCUT2D eigenvalue weighted by atomic mass is 19.4. The van der Waals surface area contributed by atoms with E-state index in [2.05, 4.69) is 0 Å². The summed E-state index contributed by atoms with van der Waals surface area (Å²) in [5.41, 5.74) is -1.73. The molecular formula is C25H21F7N+. The van der Waals surface area contributed by atoms with Gasteiger partial charge in [-0.05, 0) is 43.9 Å². The SMILES string of the molecule is CC1=[N+](c2cc(F)cc(C(F)(F)F)c2)c2ccc(C(F)(F)F)cc2C1(C)CCC1C=CC=C1. The van der Waals surface area contributed by atoms with E-state index in [1.54, 1.807) is 13.8 Å². The zero-order valence-electron chi connectivity index (χ0n) is 17.9. The topological polar surface area (TPSA) is 3.01 Å². The molecule has 2 aliphatic rings. The fourth-order valence-corrected chi connectivity index (χ4v) is 4.61. The van der Waals surface area contributed by atoms with Crippen LogP contribution in [0.5, 0.6) is 0 Å². The second-order valence-corrected chi connectivity index (χ2v) is 8.65. The van der Waals surface area contributed by atoms with Gasteiger partial charge in [0.05, 0.1) is 16.5 Å². The van der Waals surface area contributed by atoms with Crippen molar-refractivity contribution < 1.29 is 30.7 Å². The molecular weight excluding hydrogens is 447 g/mol. The van der Waals surface area contributed by atoms with E-state index in [4.69, 9.17) is 0 Å². The number of benzene rings is 2. The second kappa shape index (κ2) is 7.85. The van der Waals surface area contributed by atoms with Gasteiger partial charge in [-0.15, -0.1) is 0 Å². The van der Waals surface area contributed by atoms with Crippen LogP contribution in [-0.4, -0.2) is 5.71 Å². The van der Waals surface area contributed by atoms with Crippen LogP contribution in [0.2, 0.25) is 0 Å². The Morgan fingerprint density at radius 1 is 0.879 bits per heavy atom. The standard InChI is InChI=1S/C25H21F7N/c1-15-23(2,10-9-16-5-3-4-6-16)21-13-17(24(27,28)29)7-8-22(21)33(15)20-12-18(25(30,31)32)11-19(26)14-20/h3-8,11-14,16H,9-10H2,1-2H3/q+1. The summed E-state index contributed by atoms with van der Waals surface area (Å²) >= 11 is 0. The van der Waals surface area contributed by atoms with Gasteiger partial charge in [-0.1, -0.05) is 24.3 Å². The van der Waals surface area contributed by atoms with Crippen LogP contribution < -0.4 is 4.58 Å². The third-order valence-corrected chi connectivity index (χ3v) is 6.57. The van der Waals surface area contributed by atoms with E-state index in [9.17, 15) is 30.7 Å². The predicted octanol–water partition coefficient (Wildman–Crippen LogP) is 7.95. The lowest BCUT2D eigenvalue weighted by molar-refractivity contribution is -0.138. The molecule has 1 aliphatic heterocycles. The van der Waals surface area contributed by atoms with Crippen LogP contribution in [0.3, 0.4) is 0 Å². The highest BCUT2D eigenvalue weighted by Gasteiger charge is 2.49. The Kier molecular flexibility index (Phi) is 5.53. The summed E-state index contributed by atoms with van der Waals surface area (Å²) in [7, 11) is 0. The molecule has 2 aromatic carbocycles. The monoisotopic (exact) mass is 468 g/mol. The number of allylic oxidation sites excluding steroid dienone is 4. The van der Waals surface area contributed by atoms with E-state index in [1.165, 1.54) is 10.6 Å². The van der Waals surface area contributed by atoms with Crippen molar-refractivity contribution in [1.29, 1.82) is 0 Å². The van der Waals surface area contributed by atoms with Crippen LogP contribution in [0.15, 0.2) is 60.7 Å². The van der Waals surface area contributed by atoms with Crippen molar-refractivity contribution in [2.75, 3.05) is 0 Å². The Bertz CT molecular complexity index is 1170. The van der Waals surface area contributed by atoms with Crippen LogP contribution >= 0.6 is 0 Å². The smallest absolute Gasteiger partial charge is 0.207 e. The van der Waals surface area contributed by atoms with Crippen molar-refractivity contribution in [1.82, 2.24) is 4.58 Å². The van der Waals surface area contributed by atoms with Gasteiger partial charge < -0.3 is 0 Å². The zero-order chi connectivity index (χ0) is 24.2. The first-order chi connectivity index (χ1) is 15.3. The lowest BCUT2D eigenvalue weighted by Gasteiger charge is -2.24. The van der Waals surface area contributed by atoms with Gasteiger partial charge in [-0.2, -0.15) is 30.9 Å².